The Kier molecular flexibility index (Phi) is 3.00. The predicted octanol–water partition coefficient (Wildman–Crippen LogP) is 3.80. The molecular weight excluding hydrogens is 304 g/mol. The van der Waals surface area contributed by atoms with Gasteiger partial charge in [0, 0.05) is 27.1 Å². The van der Waals surface area contributed by atoms with E-state index in [4.69, 9.17) is 0 Å². The lowest BCUT2D eigenvalue weighted by Gasteiger charge is -2.04. The summed E-state index contributed by atoms with van der Waals surface area (Å²) < 4.78 is 14.6. The van der Waals surface area contributed by atoms with Crippen LogP contribution in [0.4, 0.5) is 4.39 Å². The van der Waals surface area contributed by atoms with E-state index in [1.807, 2.05) is 19.1 Å². The summed E-state index contributed by atoms with van der Waals surface area (Å²) in [6.07, 6.45) is 3.42. The van der Waals surface area contributed by atoms with Crippen LogP contribution in [0.2, 0.25) is 0 Å². The number of nitrogens with zero attached hydrogens (tertiary/aromatic N) is 1. The van der Waals surface area contributed by atoms with Crippen molar-refractivity contribution in [2.24, 2.45) is 0 Å². The zero-order valence-electron chi connectivity index (χ0n) is 8.17. The normalized spacial score (nSPS) is 10.3. The molecule has 0 amide bonds. The van der Waals surface area contributed by atoms with E-state index in [0.29, 0.717) is 5.56 Å². The first-order chi connectivity index (χ1) is 7.16. The largest absolute Gasteiger partial charge is 0.263 e. The molecule has 0 radical (unpaired) electrons. The van der Waals surface area contributed by atoms with Gasteiger partial charge < -0.3 is 0 Å². The van der Waals surface area contributed by atoms with Crippen LogP contribution in [-0.4, -0.2) is 4.98 Å². The summed E-state index contributed by atoms with van der Waals surface area (Å²) in [5, 5.41) is 0. The first kappa shape index (κ1) is 10.5. The fourth-order valence-electron chi connectivity index (χ4n) is 1.41. The third-order valence-corrected chi connectivity index (χ3v) is 2.73. The minimum Gasteiger partial charge on any atom is -0.263 e. The Bertz CT molecular complexity index is 497. The lowest BCUT2D eigenvalue weighted by Crippen LogP contribution is -1.87. The van der Waals surface area contributed by atoms with Gasteiger partial charge >= 0.3 is 0 Å². The number of pyridine rings is 1. The highest BCUT2D eigenvalue weighted by Crippen LogP contribution is 2.23. The number of hydrogen-bond acceptors (Lipinski definition) is 1. The van der Waals surface area contributed by atoms with Gasteiger partial charge in [0.1, 0.15) is 5.82 Å². The Labute approximate surface area is 102 Å². The summed E-state index contributed by atoms with van der Waals surface area (Å²) in [5.74, 6) is -0.196. The maximum atomic E-state index is 13.6. The molecule has 0 aliphatic rings. The molecule has 3 heteroatoms. The third-order valence-electron chi connectivity index (χ3n) is 2.14. The van der Waals surface area contributed by atoms with E-state index in [9.17, 15) is 4.39 Å². The van der Waals surface area contributed by atoms with Gasteiger partial charge in [0.15, 0.2) is 0 Å². The topological polar surface area (TPSA) is 12.9 Å². The SMILES string of the molecule is Cc1ccc(-c2cncc(I)c2)c(F)c1. The molecule has 0 fully saturated rings. The molecule has 1 heterocycles. The highest BCUT2D eigenvalue weighted by Gasteiger charge is 2.05. The molecule has 15 heavy (non-hydrogen) atoms. The second kappa shape index (κ2) is 4.26. The molecule has 1 aromatic heterocycles. The summed E-state index contributed by atoms with van der Waals surface area (Å²) in [5.41, 5.74) is 2.35. The molecule has 0 unspecified atom stereocenters. The van der Waals surface area contributed by atoms with E-state index >= 15 is 0 Å². The quantitative estimate of drug-likeness (QED) is 0.730. The average molecular weight is 313 g/mol. The molecule has 0 saturated heterocycles. The number of hydrogen-bond donors (Lipinski definition) is 0. The van der Waals surface area contributed by atoms with E-state index in [2.05, 4.69) is 27.6 Å². The number of benzene rings is 1. The first-order valence-electron chi connectivity index (χ1n) is 4.54. The Balaban J connectivity index is 2.54. The molecule has 2 rings (SSSR count). The van der Waals surface area contributed by atoms with Gasteiger partial charge in [-0.2, -0.15) is 0 Å². The summed E-state index contributed by atoms with van der Waals surface area (Å²) in [4.78, 5) is 4.05. The van der Waals surface area contributed by atoms with Crippen molar-refractivity contribution in [2.75, 3.05) is 0 Å². The van der Waals surface area contributed by atoms with E-state index in [0.717, 1.165) is 14.7 Å². The molecule has 76 valence electrons. The van der Waals surface area contributed by atoms with Crippen LogP contribution in [0.5, 0.6) is 0 Å². The van der Waals surface area contributed by atoms with Crippen LogP contribution >= 0.6 is 22.6 Å². The van der Waals surface area contributed by atoms with Crippen molar-refractivity contribution < 1.29 is 4.39 Å². The minimum absolute atomic E-state index is 0.196. The van der Waals surface area contributed by atoms with Gasteiger partial charge in [-0.05, 0) is 47.2 Å². The summed E-state index contributed by atoms with van der Waals surface area (Å²) in [6, 6.07) is 7.15. The molecule has 2 aromatic rings. The van der Waals surface area contributed by atoms with Crippen LogP contribution in [0.15, 0.2) is 36.7 Å². The van der Waals surface area contributed by atoms with Gasteiger partial charge in [0.05, 0.1) is 0 Å². The van der Waals surface area contributed by atoms with Gasteiger partial charge in [-0.3, -0.25) is 4.98 Å². The first-order valence-corrected chi connectivity index (χ1v) is 5.62. The number of aryl methyl sites for hydroxylation is 1. The predicted molar refractivity (Wildman–Crippen MR) is 67.1 cm³/mol. The highest BCUT2D eigenvalue weighted by atomic mass is 127. The van der Waals surface area contributed by atoms with E-state index < -0.39 is 0 Å². The summed E-state index contributed by atoms with van der Waals surface area (Å²) in [6.45, 7) is 1.87. The Hall–Kier alpha value is -0.970. The van der Waals surface area contributed by atoms with Gasteiger partial charge in [-0.25, -0.2) is 4.39 Å². The smallest absolute Gasteiger partial charge is 0.131 e. The van der Waals surface area contributed by atoms with Crippen LogP contribution in [0, 0.1) is 16.3 Å². The lowest BCUT2D eigenvalue weighted by atomic mass is 10.1. The van der Waals surface area contributed by atoms with Crippen molar-refractivity contribution in [1.82, 2.24) is 4.98 Å². The van der Waals surface area contributed by atoms with Gasteiger partial charge in [0.25, 0.3) is 0 Å². The fourth-order valence-corrected chi connectivity index (χ4v) is 1.91. The lowest BCUT2D eigenvalue weighted by molar-refractivity contribution is 0.630. The van der Waals surface area contributed by atoms with Crippen molar-refractivity contribution >= 4 is 22.6 Å². The van der Waals surface area contributed by atoms with Crippen molar-refractivity contribution in [3.8, 4) is 11.1 Å². The molecule has 0 atom stereocenters. The third kappa shape index (κ3) is 2.34. The maximum Gasteiger partial charge on any atom is 0.131 e. The summed E-state index contributed by atoms with van der Waals surface area (Å²) >= 11 is 2.17. The molecule has 0 aliphatic heterocycles. The van der Waals surface area contributed by atoms with Crippen LogP contribution in [0.1, 0.15) is 5.56 Å². The minimum atomic E-state index is -0.196. The molecule has 0 saturated carbocycles. The molecular formula is C12H9FIN. The summed E-state index contributed by atoms with van der Waals surface area (Å²) in [7, 11) is 0. The Morgan fingerprint density at radius 3 is 2.67 bits per heavy atom. The molecule has 1 aromatic carbocycles. The molecule has 1 nitrogen and oxygen atoms in total. The van der Waals surface area contributed by atoms with E-state index in [-0.39, 0.29) is 5.82 Å². The highest BCUT2D eigenvalue weighted by molar-refractivity contribution is 14.1. The number of halogens is 2. The maximum absolute atomic E-state index is 13.6. The van der Waals surface area contributed by atoms with Crippen molar-refractivity contribution in [3.05, 3.63) is 51.6 Å². The van der Waals surface area contributed by atoms with Crippen LogP contribution in [-0.2, 0) is 0 Å². The van der Waals surface area contributed by atoms with Crippen LogP contribution in [0.3, 0.4) is 0 Å². The van der Waals surface area contributed by atoms with Crippen LogP contribution in [0.25, 0.3) is 11.1 Å². The van der Waals surface area contributed by atoms with Crippen molar-refractivity contribution in [1.29, 1.82) is 0 Å². The second-order valence-corrected chi connectivity index (χ2v) is 4.62. The fraction of sp³-hybridized carbons (Fsp3) is 0.0833. The molecule has 0 aliphatic carbocycles. The zero-order chi connectivity index (χ0) is 10.8. The average Bonchev–Trinajstić information content (AvgIpc) is 2.17. The van der Waals surface area contributed by atoms with Gasteiger partial charge in [-0.15, -0.1) is 0 Å². The Morgan fingerprint density at radius 1 is 1.20 bits per heavy atom. The Morgan fingerprint density at radius 2 is 2.00 bits per heavy atom. The molecule has 0 bridgehead atoms. The van der Waals surface area contributed by atoms with Gasteiger partial charge in [-0.1, -0.05) is 12.1 Å². The van der Waals surface area contributed by atoms with Crippen molar-refractivity contribution in [3.63, 3.8) is 0 Å². The molecule has 0 spiro atoms. The van der Waals surface area contributed by atoms with Crippen molar-refractivity contribution in [2.45, 2.75) is 6.92 Å². The zero-order valence-corrected chi connectivity index (χ0v) is 10.3. The van der Waals surface area contributed by atoms with Gasteiger partial charge in [0.2, 0.25) is 0 Å². The monoisotopic (exact) mass is 313 g/mol. The number of rotatable bonds is 1. The van der Waals surface area contributed by atoms with Crippen LogP contribution < -0.4 is 0 Å². The van der Waals surface area contributed by atoms with E-state index in [1.54, 1.807) is 18.5 Å². The molecule has 0 N–H and O–H groups in total. The number of aromatic nitrogens is 1. The van der Waals surface area contributed by atoms with E-state index in [1.165, 1.54) is 6.07 Å². The standard InChI is InChI=1S/C12H9FIN/c1-8-2-3-11(12(13)4-8)9-5-10(14)7-15-6-9/h2-7H,1H3. The second-order valence-electron chi connectivity index (χ2n) is 3.38.